The minimum absolute atomic E-state index is 0.00586. The van der Waals surface area contributed by atoms with Gasteiger partial charge in [0.15, 0.2) is 0 Å². The number of carbonyl (C=O) groups excluding carboxylic acids is 2. The van der Waals surface area contributed by atoms with Gasteiger partial charge in [0.25, 0.3) is 16.0 Å². The van der Waals surface area contributed by atoms with Crippen LogP contribution in [-0.4, -0.2) is 37.1 Å². The lowest BCUT2D eigenvalue weighted by Crippen LogP contribution is -2.28. The average molecular weight is 713 g/mol. The van der Waals surface area contributed by atoms with Crippen LogP contribution in [0.25, 0.3) is 17.2 Å². The van der Waals surface area contributed by atoms with Crippen molar-refractivity contribution in [3.8, 4) is 11.1 Å². The maximum atomic E-state index is 13.8. The van der Waals surface area contributed by atoms with Crippen LogP contribution in [0.1, 0.15) is 59.3 Å². The van der Waals surface area contributed by atoms with E-state index in [1.54, 1.807) is 48.5 Å². The average Bonchev–Trinajstić information content (AvgIpc) is 3.02. The van der Waals surface area contributed by atoms with Gasteiger partial charge in [-0.1, -0.05) is 99.1 Å². The van der Waals surface area contributed by atoms with Gasteiger partial charge >= 0.3 is 6.18 Å². The second-order valence-corrected chi connectivity index (χ2v) is 14.6. The van der Waals surface area contributed by atoms with Crippen LogP contribution in [0.4, 0.5) is 18.9 Å². The first-order valence-corrected chi connectivity index (χ1v) is 17.3. The quantitative estimate of drug-likeness (QED) is 0.135. The molecule has 0 aliphatic carbocycles. The molecular formula is C37H36ClF3N2O5S. The number of hydrogen-bond acceptors (Lipinski definition) is 4. The van der Waals surface area contributed by atoms with Crippen molar-refractivity contribution in [1.29, 1.82) is 0 Å². The van der Waals surface area contributed by atoms with Crippen molar-refractivity contribution in [1.82, 2.24) is 5.32 Å². The van der Waals surface area contributed by atoms with E-state index in [-0.39, 0.29) is 34.9 Å². The first-order chi connectivity index (χ1) is 22.9. The molecule has 0 aliphatic heterocycles. The van der Waals surface area contributed by atoms with Gasteiger partial charge in [-0.05, 0) is 70.5 Å². The van der Waals surface area contributed by atoms with Gasteiger partial charge in [0.05, 0.1) is 17.2 Å². The van der Waals surface area contributed by atoms with Crippen LogP contribution in [0.2, 0.25) is 5.02 Å². The number of benzene rings is 4. The van der Waals surface area contributed by atoms with Crippen molar-refractivity contribution in [2.75, 3.05) is 17.6 Å². The molecule has 0 fully saturated rings. The van der Waals surface area contributed by atoms with E-state index >= 15 is 0 Å². The molecule has 0 radical (unpaired) electrons. The number of anilines is 1. The molecule has 258 valence electrons. The van der Waals surface area contributed by atoms with Gasteiger partial charge in [-0.2, -0.15) is 21.6 Å². The summed E-state index contributed by atoms with van der Waals surface area (Å²) in [5.41, 5.74) is 3.39. The highest BCUT2D eigenvalue weighted by Gasteiger charge is 2.31. The number of hydrogen-bond donors (Lipinski definition) is 3. The lowest BCUT2D eigenvalue weighted by atomic mass is 9.89. The van der Waals surface area contributed by atoms with Crippen LogP contribution >= 0.6 is 11.6 Å². The van der Waals surface area contributed by atoms with Crippen LogP contribution < -0.4 is 10.6 Å². The van der Waals surface area contributed by atoms with Crippen molar-refractivity contribution in [3.05, 3.63) is 130 Å². The third kappa shape index (κ3) is 11.3. The predicted octanol–water partition coefficient (Wildman–Crippen LogP) is 8.67. The van der Waals surface area contributed by atoms with Crippen LogP contribution in [0.15, 0.2) is 97.1 Å². The van der Waals surface area contributed by atoms with E-state index in [2.05, 4.69) is 37.5 Å². The summed E-state index contributed by atoms with van der Waals surface area (Å²) in [6.07, 6.45) is -0.120. The molecule has 0 saturated heterocycles. The Morgan fingerprint density at radius 2 is 1.53 bits per heavy atom. The largest absolute Gasteiger partial charge is 0.416 e. The van der Waals surface area contributed by atoms with E-state index in [4.69, 9.17) is 16.2 Å². The molecule has 0 heterocycles. The van der Waals surface area contributed by atoms with Crippen molar-refractivity contribution in [2.24, 2.45) is 5.41 Å². The lowest BCUT2D eigenvalue weighted by Gasteiger charge is -2.19. The van der Waals surface area contributed by atoms with Gasteiger partial charge < -0.3 is 10.6 Å². The summed E-state index contributed by atoms with van der Waals surface area (Å²) < 4.78 is 70.0. The summed E-state index contributed by atoms with van der Waals surface area (Å²) >= 11 is 6.17. The Morgan fingerprint density at radius 1 is 0.898 bits per heavy atom. The predicted molar refractivity (Wildman–Crippen MR) is 187 cm³/mol. The molecule has 4 aromatic rings. The van der Waals surface area contributed by atoms with E-state index in [1.165, 1.54) is 6.07 Å². The number of halogens is 4. The van der Waals surface area contributed by atoms with Gasteiger partial charge in [-0.3, -0.25) is 14.1 Å². The molecule has 3 N–H and O–H groups in total. The molecule has 4 aromatic carbocycles. The van der Waals surface area contributed by atoms with Crippen molar-refractivity contribution in [2.45, 2.75) is 39.3 Å². The molecule has 0 spiro atoms. The second-order valence-electron chi connectivity index (χ2n) is 12.6. The first kappa shape index (κ1) is 37.4. The smallest absolute Gasteiger partial charge is 0.351 e. The minimum atomic E-state index is -4.51. The van der Waals surface area contributed by atoms with Gasteiger partial charge in [0.1, 0.15) is 0 Å². The maximum Gasteiger partial charge on any atom is 0.416 e. The Kier molecular flexibility index (Phi) is 11.7. The van der Waals surface area contributed by atoms with E-state index < -0.39 is 39.4 Å². The summed E-state index contributed by atoms with van der Waals surface area (Å²) in [7, 11) is -4.21. The first-order valence-electron chi connectivity index (χ1n) is 15.3. The highest BCUT2D eigenvalue weighted by molar-refractivity contribution is 7.85. The monoisotopic (exact) mass is 712 g/mol. The minimum Gasteiger partial charge on any atom is -0.351 e. The number of nitrogens with one attached hydrogen (secondary N) is 2. The van der Waals surface area contributed by atoms with E-state index in [9.17, 15) is 31.2 Å². The van der Waals surface area contributed by atoms with Gasteiger partial charge in [-0.15, -0.1) is 0 Å². The number of amides is 2. The zero-order valence-corrected chi connectivity index (χ0v) is 28.6. The molecule has 7 nitrogen and oxygen atoms in total. The normalized spacial score (nSPS) is 12.9. The molecule has 12 heteroatoms. The topological polar surface area (TPSA) is 113 Å². The highest BCUT2D eigenvalue weighted by atomic mass is 35.5. The van der Waals surface area contributed by atoms with Crippen molar-refractivity contribution >= 4 is 45.3 Å². The summed E-state index contributed by atoms with van der Waals surface area (Å²) in [4.78, 5) is 26.2. The number of alkyl halides is 3. The van der Waals surface area contributed by atoms with E-state index in [1.807, 2.05) is 30.3 Å². The Hall–Kier alpha value is -4.45. The van der Waals surface area contributed by atoms with Crippen LogP contribution in [-0.2, 0) is 27.5 Å². The van der Waals surface area contributed by atoms with Crippen molar-refractivity contribution < 1.29 is 35.7 Å². The SMILES string of the molecule is CC(C)(C)C=Cc1ccc(C(Cc2ccc(C(=O)NCCS(=O)(=O)O)cc2)C(=O)Nc2ccc(-c3ccc(C(F)(F)F)cc3Cl)cc2)cc1. The third-order valence-corrected chi connectivity index (χ3v) is 8.53. The fourth-order valence-corrected chi connectivity index (χ4v) is 5.51. The number of rotatable bonds is 11. The molecule has 0 aromatic heterocycles. The third-order valence-electron chi connectivity index (χ3n) is 7.49. The molecule has 1 unspecified atom stereocenters. The van der Waals surface area contributed by atoms with Crippen LogP contribution in [0.5, 0.6) is 0 Å². The molecule has 2 amide bonds. The number of allylic oxidation sites excluding steroid dienone is 1. The molecular weight excluding hydrogens is 677 g/mol. The van der Waals surface area contributed by atoms with Crippen molar-refractivity contribution in [3.63, 3.8) is 0 Å². The number of carbonyl (C=O) groups is 2. The summed E-state index contributed by atoms with van der Waals surface area (Å²) in [5.74, 6) is -2.06. The lowest BCUT2D eigenvalue weighted by molar-refractivity contribution is -0.137. The van der Waals surface area contributed by atoms with Gasteiger partial charge in [-0.25, -0.2) is 0 Å². The zero-order valence-electron chi connectivity index (χ0n) is 27.0. The Bertz CT molecular complexity index is 1920. The summed E-state index contributed by atoms with van der Waals surface area (Å²) in [6, 6.07) is 24.0. The fraction of sp³-hybridized carbons (Fsp3) is 0.243. The summed E-state index contributed by atoms with van der Waals surface area (Å²) in [6.45, 7) is 6.03. The molecule has 49 heavy (non-hydrogen) atoms. The van der Waals surface area contributed by atoms with E-state index in [0.717, 1.165) is 28.8 Å². The standard InChI is InChI=1S/C37H36ClF3N2O5S/c1-36(2,3)19-18-24-4-8-27(9-5-24)32(22-25-6-10-28(11-7-25)34(44)42-20-21-49(46,47)48)35(45)43-30-15-12-26(13-16-30)31-17-14-29(23-33(31)38)37(39,40)41/h4-19,23,32H,20-22H2,1-3H3,(H,42,44)(H,43,45)(H,46,47,48). The Balaban J connectivity index is 1.54. The highest BCUT2D eigenvalue weighted by Crippen LogP contribution is 2.36. The zero-order chi connectivity index (χ0) is 36.0. The molecule has 0 saturated carbocycles. The maximum absolute atomic E-state index is 13.8. The molecule has 0 aliphatic rings. The summed E-state index contributed by atoms with van der Waals surface area (Å²) in [5, 5.41) is 5.33. The van der Waals surface area contributed by atoms with Gasteiger partial charge in [0.2, 0.25) is 5.91 Å². The molecule has 4 rings (SSSR count). The van der Waals surface area contributed by atoms with Gasteiger partial charge in [0, 0.05) is 28.4 Å². The Morgan fingerprint density at radius 3 is 2.08 bits per heavy atom. The van der Waals surface area contributed by atoms with Crippen LogP contribution in [0, 0.1) is 5.41 Å². The Labute approximate surface area is 289 Å². The van der Waals surface area contributed by atoms with Crippen LogP contribution in [0.3, 0.4) is 0 Å². The van der Waals surface area contributed by atoms with E-state index in [0.29, 0.717) is 16.8 Å². The second kappa shape index (κ2) is 15.4. The molecule has 1 atom stereocenters. The fourth-order valence-electron chi connectivity index (χ4n) is 4.86. The molecule has 0 bridgehead atoms.